The lowest BCUT2D eigenvalue weighted by Gasteiger charge is -2.07. The van der Waals surface area contributed by atoms with E-state index in [1.54, 1.807) is 12.4 Å². The number of hydrogen-bond donors (Lipinski definition) is 0. The Kier molecular flexibility index (Phi) is 4.55. The van der Waals surface area contributed by atoms with E-state index in [4.69, 9.17) is 0 Å². The predicted octanol–water partition coefficient (Wildman–Crippen LogP) is 3.68. The Hall–Kier alpha value is -2.11. The van der Waals surface area contributed by atoms with Crippen molar-refractivity contribution in [3.05, 3.63) is 41.7 Å². The molecule has 2 rings (SSSR count). The Morgan fingerprint density at radius 1 is 1.10 bits per heavy atom. The van der Waals surface area contributed by atoms with Crippen LogP contribution in [-0.4, -0.2) is 16.8 Å². The molecule has 1 aromatic heterocycles. The molecule has 0 aliphatic rings. The number of hydrogen-bond acceptors (Lipinski definition) is 3. The average Bonchev–Trinajstić information content (AvgIpc) is 2.44. The second-order valence-electron chi connectivity index (χ2n) is 4.19. The molecule has 0 N–H and O–H groups in total. The zero-order valence-corrected chi connectivity index (χ0v) is 10.9. The largest absolute Gasteiger partial charge is 0.457 e. The van der Waals surface area contributed by atoms with Gasteiger partial charge in [0.15, 0.2) is 23.2 Å². The molecule has 0 radical (unpaired) electrons. The third kappa shape index (κ3) is 3.07. The van der Waals surface area contributed by atoms with E-state index >= 15 is 0 Å². The monoisotopic (exact) mass is 282 g/mol. The minimum absolute atomic E-state index is 0.175. The molecule has 2 aromatic rings. The van der Waals surface area contributed by atoms with Crippen LogP contribution in [0.15, 0.2) is 24.5 Å². The number of rotatable bonds is 5. The summed E-state index contributed by atoms with van der Waals surface area (Å²) in [6.45, 7) is 0.734. The van der Waals surface area contributed by atoms with E-state index in [2.05, 4.69) is 14.7 Å². The Morgan fingerprint density at radius 3 is 2.20 bits per heavy atom. The van der Waals surface area contributed by atoms with Gasteiger partial charge in [-0.1, -0.05) is 13.3 Å². The van der Waals surface area contributed by atoms with Crippen LogP contribution in [0.2, 0.25) is 0 Å². The standard InChI is InChI=1S/C14H13F3N2O/c1-2-3-9-6-18-14(19-7-9)10-4-11(16)13(20-8-15)12(17)5-10/h4-7H,2-3,8H2,1H3. The molecule has 0 amide bonds. The molecule has 0 aliphatic carbocycles. The van der Waals surface area contributed by atoms with E-state index in [1.165, 1.54) is 0 Å². The number of aryl methyl sites for hydroxylation is 1. The Balaban J connectivity index is 2.33. The summed E-state index contributed by atoms with van der Waals surface area (Å²) in [6, 6.07) is 2.03. The number of nitrogens with zero attached hydrogens (tertiary/aromatic N) is 2. The van der Waals surface area contributed by atoms with Gasteiger partial charge in [0.2, 0.25) is 6.86 Å². The summed E-state index contributed by atoms with van der Waals surface area (Å²) in [6.07, 6.45) is 5.04. The van der Waals surface area contributed by atoms with Crippen LogP contribution in [0.1, 0.15) is 18.9 Å². The van der Waals surface area contributed by atoms with Gasteiger partial charge in [0.05, 0.1) is 0 Å². The van der Waals surface area contributed by atoms with E-state index < -0.39 is 24.2 Å². The third-order valence-corrected chi connectivity index (χ3v) is 2.70. The van der Waals surface area contributed by atoms with Crippen LogP contribution in [0.25, 0.3) is 11.4 Å². The van der Waals surface area contributed by atoms with E-state index in [0.717, 1.165) is 30.5 Å². The van der Waals surface area contributed by atoms with Crippen molar-refractivity contribution in [3.8, 4) is 17.1 Å². The first kappa shape index (κ1) is 14.3. The van der Waals surface area contributed by atoms with E-state index in [1.807, 2.05) is 6.92 Å². The molecule has 0 saturated carbocycles. The molecule has 1 heterocycles. The molecule has 0 aliphatic heterocycles. The molecule has 20 heavy (non-hydrogen) atoms. The molecule has 0 spiro atoms. The maximum atomic E-state index is 13.6. The fourth-order valence-corrected chi connectivity index (χ4v) is 1.80. The van der Waals surface area contributed by atoms with Gasteiger partial charge in [0.25, 0.3) is 0 Å². The summed E-state index contributed by atoms with van der Waals surface area (Å²) < 4.78 is 43.4. The highest BCUT2D eigenvalue weighted by Crippen LogP contribution is 2.27. The second-order valence-corrected chi connectivity index (χ2v) is 4.19. The Morgan fingerprint density at radius 2 is 1.70 bits per heavy atom. The minimum atomic E-state index is -1.30. The maximum Gasteiger partial charge on any atom is 0.228 e. The van der Waals surface area contributed by atoms with Crippen molar-refractivity contribution in [2.45, 2.75) is 19.8 Å². The third-order valence-electron chi connectivity index (χ3n) is 2.70. The fourth-order valence-electron chi connectivity index (χ4n) is 1.80. The van der Waals surface area contributed by atoms with Gasteiger partial charge in [-0.15, -0.1) is 0 Å². The smallest absolute Gasteiger partial charge is 0.228 e. The zero-order chi connectivity index (χ0) is 14.5. The first-order valence-corrected chi connectivity index (χ1v) is 6.14. The highest BCUT2D eigenvalue weighted by Gasteiger charge is 2.14. The lowest BCUT2D eigenvalue weighted by Crippen LogP contribution is -1.99. The minimum Gasteiger partial charge on any atom is -0.457 e. The van der Waals surface area contributed by atoms with Crippen LogP contribution in [-0.2, 0) is 6.42 Å². The van der Waals surface area contributed by atoms with E-state index in [9.17, 15) is 13.2 Å². The average molecular weight is 282 g/mol. The van der Waals surface area contributed by atoms with Crippen molar-refractivity contribution < 1.29 is 17.9 Å². The highest BCUT2D eigenvalue weighted by atomic mass is 19.1. The zero-order valence-electron chi connectivity index (χ0n) is 10.9. The van der Waals surface area contributed by atoms with E-state index in [-0.39, 0.29) is 11.4 Å². The van der Waals surface area contributed by atoms with Gasteiger partial charge in [-0.2, -0.15) is 0 Å². The van der Waals surface area contributed by atoms with Gasteiger partial charge in [-0.3, -0.25) is 0 Å². The van der Waals surface area contributed by atoms with Crippen molar-refractivity contribution in [1.82, 2.24) is 9.97 Å². The summed E-state index contributed by atoms with van der Waals surface area (Å²) in [4.78, 5) is 8.13. The quantitative estimate of drug-likeness (QED) is 0.839. The Labute approximate surface area is 114 Å². The van der Waals surface area contributed by atoms with Crippen molar-refractivity contribution in [2.75, 3.05) is 6.86 Å². The van der Waals surface area contributed by atoms with Gasteiger partial charge >= 0.3 is 0 Å². The Bertz CT molecular complexity index is 564. The fraction of sp³-hybridized carbons (Fsp3) is 0.286. The molecule has 106 valence electrons. The second kappa shape index (κ2) is 6.36. The molecular weight excluding hydrogens is 269 g/mol. The summed E-state index contributed by atoms with van der Waals surface area (Å²) in [5.41, 5.74) is 1.13. The molecule has 0 unspecified atom stereocenters. The normalized spacial score (nSPS) is 10.6. The van der Waals surface area contributed by atoms with Crippen LogP contribution < -0.4 is 4.74 Å². The molecular formula is C14H13F3N2O. The molecule has 0 saturated heterocycles. The lowest BCUT2D eigenvalue weighted by atomic mass is 10.1. The first-order chi connectivity index (χ1) is 9.65. The lowest BCUT2D eigenvalue weighted by molar-refractivity contribution is 0.176. The van der Waals surface area contributed by atoms with Crippen molar-refractivity contribution in [1.29, 1.82) is 0 Å². The van der Waals surface area contributed by atoms with Crippen LogP contribution in [0, 0.1) is 11.6 Å². The first-order valence-electron chi connectivity index (χ1n) is 6.14. The van der Waals surface area contributed by atoms with Crippen LogP contribution in [0.4, 0.5) is 13.2 Å². The number of halogens is 3. The summed E-state index contributed by atoms with van der Waals surface area (Å²) in [5, 5.41) is 0. The van der Waals surface area contributed by atoms with E-state index in [0.29, 0.717) is 0 Å². The molecule has 0 bridgehead atoms. The van der Waals surface area contributed by atoms with Crippen molar-refractivity contribution >= 4 is 0 Å². The summed E-state index contributed by atoms with van der Waals surface area (Å²) >= 11 is 0. The molecule has 0 fully saturated rings. The number of aromatic nitrogens is 2. The molecule has 3 nitrogen and oxygen atoms in total. The SMILES string of the molecule is CCCc1cnc(-c2cc(F)c(OCF)c(F)c2)nc1. The van der Waals surface area contributed by atoms with Crippen molar-refractivity contribution in [3.63, 3.8) is 0 Å². The summed E-state index contributed by atoms with van der Waals surface area (Å²) in [7, 11) is 0. The summed E-state index contributed by atoms with van der Waals surface area (Å²) in [5.74, 6) is -2.51. The number of benzene rings is 1. The predicted molar refractivity (Wildman–Crippen MR) is 68.0 cm³/mol. The number of ether oxygens (including phenoxy) is 1. The van der Waals surface area contributed by atoms with Crippen molar-refractivity contribution in [2.24, 2.45) is 0 Å². The van der Waals surface area contributed by atoms with Crippen LogP contribution in [0.5, 0.6) is 5.75 Å². The topological polar surface area (TPSA) is 35.0 Å². The van der Waals surface area contributed by atoms with Crippen LogP contribution in [0.3, 0.4) is 0 Å². The highest BCUT2D eigenvalue weighted by molar-refractivity contribution is 5.57. The molecule has 6 heteroatoms. The maximum absolute atomic E-state index is 13.6. The number of alkyl halides is 1. The van der Waals surface area contributed by atoms with Gasteiger partial charge < -0.3 is 4.74 Å². The van der Waals surface area contributed by atoms with Gasteiger partial charge in [0.1, 0.15) is 0 Å². The van der Waals surface area contributed by atoms with Gasteiger partial charge in [-0.25, -0.2) is 23.1 Å². The van der Waals surface area contributed by atoms with Gasteiger partial charge in [-0.05, 0) is 24.1 Å². The van der Waals surface area contributed by atoms with Gasteiger partial charge in [0, 0.05) is 18.0 Å². The molecule has 1 aromatic carbocycles. The molecule has 0 atom stereocenters. The van der Waals surface area contributed by atoms with Crippen LogP contribution >= 0.6 is 0 Å².